The zero-order valence-electron chi connectivity index (χ0n) is 6.52. The van der Waals surface area contributed by atoms with E-state index in [1.165, 1.54) is 0 Å². The molecule has 0 saturated heterocycles. The number of pyridine rings is 1. The van der Waals surface area contributed by atoms with Gasteiger partial charge in [-0.3, -0.25) is 0 Å². The normalized spacial score (nSPS) is 10.5. The number of nitrogens with zero attached hydrogens (tertiary/aromatic N) is 1. The first kappa shape index (κ1) is 7.67. The van der Waals surface area contributed by atoms with Crippen molar-refractivity contribution in [2.24, 2.45) is 0 Å². The molecule has 1 heterocycles. The zero-order valence-corrected chi connectivity index (χ0v) is 6.52. The van der Waals surface area contributed by atoms with E-state index in [1.54, 1.807) is 18.2 Å². The lowest BCUT2D eigenvalue weighted by molar-refractivity contribution is 0.361. The second kappa shape index (κ2) is 2.52. The number of hydrogen-bond donors (Lipinski definition) is 3. The number of hydrogen-bond acceptors (Lipinski definition) is 4. The summed E-state index contributed by atoms with van der Waals surface area (Å²) in [6.45, 7) is 0. The Labute approximate surface area is 73.7 Å². The molecule has 0 spiro atoms. The average Bonchev–Trinajstić information content (AvgIpc) is 2.15. The van der Waals surface area contributed by atoms with Crippen LogP contribution in [0.3, 0.4) is 0 Å². The van der Waals surface area contributed by atoms with Crippen molar-refractivity contribution in [3.63, 3.8) is 0 Å². The fourth-order valence-corrected chi connectivity index (χ4v) is 1.10. The van der Waals surface area contributed by atoms with Gasteiger partial charge in [0.25, 0.3) is 5.88 Å². The first-order valence-corrected chi connectivity index (χ1v) is 3.61. The van der Waals surface area contributed by atoms with Crippen LogP contribution in [0.1, 0.15) is 0 Å². The van der Waals surface area contributed by atoms with Crippen molar-refractivity contribution >= 4 is 10.9 Å². The minimum atomic E-state index is -0.616. The molecule has 0 amide bonds. The predicted molar refractivity (Wildman–Crippen MR) is 45.6 cm³/mol. The molecule has 0 aliphatic heterocycles. The topological polar surface area (TPSA) is 73.6 Å². The third kappa shape index (κ3) is 1.03. The monoisotopic (exact) mass is 176 g/mol. The fourth-order valence-electron chi connectivity index (χ4n) is 1.10. The molecule has 0 aliphatic rings. The van der Waals surface area contributed by atoms with E-state index in [-0.39, 0.29) is 5.39 Å². The van der Waals surface area contributed by atoms with Gasteiger partial charge in [0.1, 0.15) is 0 Å². The summed E-state index contributed by atoms with van der Waals surface area (Å²) >= 11 is 0. The minimum Gasteiger partial charge on any atom is -0.504 e. The smallest absolute Gasteiger partial charge is 0.258 e. The lowest BCUT2D eigenvalue weighted by Crippen LogP contribution is -1.81. The highest BCUT2D eigenvalue weighted by atomic mass is 16.3. The van der Waals surface area contributed by atoms with E-state index in [1.807, 2.05) is 0 Å². The van der Waals surface area contributed by atoms with Gasteiger partial charge in [0.05, 0.1) is 10.9 Å². The van der Waals surface area contributed by atoms with Crippen molar-refractivity contribution in [2.75, 3.05) is 0 Å². The molecule has 3 N–H and O–H groups in total. The third-order valence-electron chi connectivity index (χ3n) is 1.73. The van der Waals surface area contributed by atoms with Crippen molar-refractivity contribution in [1.29, 1.82) is 0 Å². The Balaban J connectivity index is 2.94. The van der Waals surface area contributed by atoms with Crippen molar-refractivity contribution < 1.29 is 15.3 Å². The molecule has 1 aromatic heterocycles. The maximum absolute atomic E-state index is 9.36. The first-order chi connectivity index (χ1) is 6.20. The summed E-state index contributed by atoms with van der Waals surface area (Å²) in [6, 6.07) is 7.56. The molecule has 2 rings (SSSR count). The predicted octanol–water partition coefficient (Wildman–Crippen LogP) is 1.15. The lowest BCUT2D eigenvalue weighted by Gasteiger charge is -2.02. The molecule has 65 valence electrons. The van der Waals surface area contributed by atoms with Crippen molar-refractivity contribution in [3.05, 3.63) is 24.3 Å². The summed E-state index contributed by atoms with van der Waals surface area (Å²) in [4.78, 5) is 3.65. The Morgan fingerprint density at radius 2 is 1.92 bits per heavy atom. The summed E-state index contributed by atoms with van der Waals surface area (Å²) in [6.07, 6.45) is 0. The van der Waals surface area contributed by atoms with E-state index in [9.17, 15) is 5.11 Å². The quantitative estimate of drug-likeness (QED) is 0.563. The number of benzene rings is 1. The van der Waals surface area contributed by atoms with E-state index in [4.69, 9.17) is 10.2 Å². The molecule has 2 aromatic rings. The molecule has 0 atom stereocenters. The van der Waals surface area contributed by atoms with E-state index in [2.05, 4.69) is 11.1 Å². The van der Waals surface area contributed by atoms with Crippen LogP contribution in [0.15, 0.2) is 18.2 Å². The van der Waals surface area contributed by atoms with Crippen LogP contribution in [0.25, 0.3) is 10.9 Å². The van der Waals surface area contributed by atoms with Gasteiger partial charge >= 0.3 is 0 Å². The van der Waals surface area contributed by atoms with Crippen molar-refractivity contribution in [3.8, 4) is 17.4 Å². The van der Waals surface area contributed by atoms with Crippen LogP contribution in [-0.2, 0) is 0 Å². The molecular formula is C9H6NO3. The van der Waals surface area contributed by atoms with Gasteiger partial charge < -0.3 is 15.3 Å². The van der Waals surface area contributed by atoms with Crippen molar-refractivity contribution in [1.82, 2.24) is 4.98 Å². The molecule has 4 nitrogen and oxygen atoms in total. The van der Waals surface area contributed by atoms with Gasteiger partial charge in [0, 0.05) is 0 Å². The van der Waals surface area contributed by atoms with Gasteiger partial charge in [0.2, 0.25) is 5.75 Å². The van der Waals surface area contributed by atoms with E-state index >= 15 is 0 Å². The van der Waals surface area contributed by atoms with Gasteiger partial charge in [-0.1, -0.05) is 12.1 Å². The molecule has 13 heavy (non-hydrogen) atoms. The Morgan fingerprint density at radius 1 is 1.15 bits per heavy atom. The van der Waals surface area contributed by atoms with Gasteiger partial charge in [-0.25, -0.2) is 4.98 Å². The molecular weight excluding hydrogens is 170 g/mol. The first-order valence-electron chi connectivity index (χ1n) is 3.61. The molecule has 0 unspecified atom stereocenters. The van der Waals surface area contributed by atoms with Gasteiger partial charge in [-0.15, -0.1) is 0 Å². The van der Waals surface area contributed by atoms with Crippen LogP contribution in [-0.4, -0.2) is 20.3 Å². The van der Waals surface area contributed by atoms with Crippen LogP contribution >= 0.6 is 0 Å². The van der Waals surface area contributed by atoms with Crippen LogP contribution in [0.4, 0.5) is 0 Å². The summed E-state index contributed by atoms with van der Waals surface area (Å²) in [5.41, 5.74) is 0.385. The fraction of sp³-hybridized carbons (Fsp3) is 0. The molecule has 1 radical (unpaired) electrons. The number of aromatic hydroxyl groups is 3. The highest BCUT2D eigenvalue weighted by Crippen LogP contribution is 2.37. The number of rotatable bonds is 0. The van der Waals surface area contributed by atoms with Crippen molar-refractivity contribution in [2.45, 2.75) is 0 Å². The number of fused-ring (bicyclic) bond motifs is 1. The molecule has 0 bridgehead atoms. The summed E-state index contributed by atoms with van der Waals surface area (Å²) < 4.78 is 0. The molecule has 0 fully saturated rings. The minimum absolute atomic E-state index is 0.290. The molecule has 1 aromatic carbocycles. The maximum atomic E-state index is 9.36. The summed E-state index contributed by atoms with van der Waals surface area (Å²) in [5, 5.41) is 27.8. The number of aromatic nitrogens is 1. The van der Waals surface area contributed by atoms with E-state index in [0.717, 1.165) is 0 Å². The maximum Gasteiger partial charge on any atom is 0.258 e. The Hall–Kier alpha value is -1.97. The zero-order chi connectivity index (χ0) is 9.42. The Morgan fingerprint density at radius 3 is 2.69 bits per heavy atom. The average molecular weight is 176 g/mol. The van der Waals surface area contributed by atoms with Crippen LogP contribution < -0.4 is 0 Å². The van der Waals surface area contributed by atoms with E-state index < -0.39 is 17.4 Å². The van der Waals surface area contributed by atoms with Crippen LogP contribution in [0, 0.1) is 6.07 Å². The molecule has 4 heteroatoms. The summed E-state index contributed by atoms with van der Waals surface area (Å²) in [7, 11) is 0. The third-order valence-corrected chi connectivity index (χ3v) is 1.73. The molecule has 0 aliphatic carbocycles. The second-order valence-corrected chi connectivity index (χ2v) is 2.56. The van der Waals surface area contributed by atoms with E-state index in [0.29, 0.717) is 5.52 Å². The van der Waals surface area contributed by atoms with Gasteiger partial charge in [-0.2, -0.15) is 0 Å². The Bertz CT molecular complexity index is 468. The standard InChI is InChI=1S/C9H6NO3/c11-7-5-3-1-2-4-6(5)10-9(13)8(7)12/h1-2,4,12H,(H2,10,11,13). The van der Waals surface area contributed by atoms with Crippen LogP contribution in [0.5, 0.6) is 17.4 Å². The lowest BCUT2D eigenvalue weighted by atomic mass is 10.2. The van der Waals surface area contributed by atoms with Gasteiger partial charge in [0.15, 0.2) is 5.75 Å². The van der Waals surface area contributed by atoms with Crippen LogP contribution in [0.2, 0.25) is 0 Å². The second-order valence-electron chi connectivity index (χ2n) is 2.56. The Kier molecular flexibility index (Phi) is 1.48. The SMILES string of the molecule is Oc1nc2ccc[c]c2c(O)c1O. The molecule has 0 saturated carbocycles. The largest absolute Gasteiger partial charge is 0.504 e. The highest BCUT2D eigenvalue weighted by Gasteiger charge is 2.11. The summed E-state index contributed by atoms with van der Waals surface area (Å²) in [5.74, 6) is -1.59. The van der Waals surface area contributed by atoms with Gasteiger partial charge in [-0.05, 0) is 12.1 Å². The highest BCUT2D eigenvalue weighted by molar-refractivity contribution is 5.87.